The van der Waals surface area contributed by atoms with Crippen LogP contribution in [0.1, 0.15) is 34.1 Å². The molecule has 8 heteroatoms. The lowest BCUT2D eigenvalue weighted by atomic mass is 9.97. The number of rotatable bonds is 2. The number of carbonyl (C=O) groups excluding carboxylic acids is 1. The number of fused-ring (bicyclic) bond motifs is 2. The van der Waals surface area contributed by atoms with E-state index < -0.39 is 27.8 Å². The highest BCUT2D eigenvalue weighted by molar-refractivity contribution is 9.10. The van der Waals surface area contributed by atoms with Crippen molar-refractivity contribution in [1.82, 2.24) is 4.90 Å². The maximum Gasteiger partial charge on any atom is 0.291 e. The number of para-hydroxylation sites is 1. The van der Waals surface area contributed by atoms with E-state index in [2.05, 4.69) is 15.9 Å². The number of hydrogen-bond acceptors (Lipinski definition) is 5. The predicted octanol–water partition coefficient (Wildman–Crippen LogP) is 3.29. The number of amides is 1. The van der Waals surface area contributed by atoms with Crippen LogP contribution in [0, 0.1) is 0 Å². The molecule has 0 saturated carbocycles. The number of nitrogens with zero attached hydrogens (tertiary/aromatic N) is 1. The molecule has 1 fully saturated rings. The van der Waals surface area contributed by atoms with Gasteiger partial charge in [0.15, 0.2) is 15.3 Å². The van der Waals surface area contributed by atoms with Gasteiger partial charge in [-0.1, -0.05) is 40.2 Å². The highest BCUT2D eigenvalue weighted by Crippen LogP contribution is 2.41. The molecule has 2 atom stereocenters. The Morgan fingerprint density at radius 3 is 2.59 bits per heavy atom. The molecule has 29 heavy (non-hydrogen) atoms. The van der Waals surface area contributed by atoms with Crippen molar-refractivity contribution in [3.63, 3.8) is 0 Å². The topological polar surface area (TPSA) is 84.7 Å². The molecule has 0 radical (unpaired) electrons. The van der Waals surface area contributed by atoms with Gasteiger partial charge in [0.05, 0.1) is 28.5 Å². The lowest BCUT2D eigenvalue weighted by Gasteiger charge is -2.30. The van der Waals surface area contributed by atoms with E-state index in [4.69, 9.17) is 4.42 Å². The number of sulfone groups is 1. The summed E-state index contributed by atoms with van der Waals surface area (Å²) in [5, 5.41) is 0.403. The maximum absolute atomic E-state index is 13.4. The fourth-order valence-corrected chi connectivity index (χ4v) is 6.44. The van der Waals surface area contributed by atoms with Gasteiger partial charge in [-0.25, -0.2) is 8.42 Å². The van der Waals surface area contributed by atoms with E-state index in [9.17, 15) is 18.0 Å². The minimum absolute atomic E-state index is 0.00275. The van der Waals surface area contributed by atoms with Gasteiger partial charge in [-0.15, -0.1) is 0 Å². The van der Waals surface area contributed by atoms with Crippen LogP contribution in [0.15, 0.2) is 62.2 Å². The van der Waals surface area contributed by atoms with Crippen LogP contribution in [0.4, 0.5) is 0 Å². The Kier molecular flexibility index (Phi) is 4.18. The molecule has 1 saturated heterocycles. The van der Waals surface area contributed by atoms with Crippen molar-refractivity contribution in [2.24, 2.45) is 0 Å². The monoisotopic (exact) mass is 473 g/mol. The van der Waals surface area contributed by atoms with E-state index in [0.29, 0.717) is 17.4 Å². The minimum Gasteiger partial charge on any atom is -0.450 e. The zero-order valence-electron chi connectivity index (χ0n) is 15.2. The Morgan fingerprint density at radius 2 is 1.86 bits per heavy atom. The third kappa shape index (κ3) is 2.93. The first-order valence-corrected chi connectivity index (χ1v) is 11.8. The third-order valence-electron chi connectivity index (χ3n) is 5.58. The zero-order chi connectivity index (χ0) is 20.3. The standard InChI is InChI=1S/C21H16BrNO5S/c22-13-5-3-4-12(10-13)18-17-19(24)15-6-1-2-7-16(15)28-20(17)21(25)23(18)14-8-9-29(26,27)11-14/h1-7,10,14,18H,8-9,11H2. The number of hydrogen-bond donors (Lipinski definition) is 0. The van der Waals surface area contributed by atoms with Crippen LogP contribution in [-0.2, 0) is 9.84 Å². The first-order chi connectivity index (χ1) is 13.9. The summed E-state index contributed by atoms with van der Waals surface area (Å²) in [7, 11) is -3.22. The number of carbonyl (C=O) groups is 1. The molecular weight excluding hydrogens is 458 g/mol. The van der Waals surface area contributed by atoms with Crippen LogP contribution < -0.4 is 5.43 Å². The Morgan fingerprint density at radius 1 is 1.07 bits per heavy atom. The molecule has 1 aromatic heterocycles. The van der Waals surface area contributed by atoms with Crippen LogP contribution in [0.5, 0.6) is 0 Å². The second-order valence-electron chi connectivity index (χ2n) is 7.40. The van der Waals surface area contributed by atoms with Gasteiger partial charge >= 0.3 is 0 Å². The van der Waals surface area contributed by atoms with Crippen LogP contribution >= 0.6 is 15.9 Å². The fraction of sp³-hybridized carbons (Fsp3) is 0.238. The van der Waals surface area contributed by atoms with Gasteiger partial charge in [0.1, 0.15) is 5.58 Å². The van der Waals surface area contributed by atoms with Gasteiger partial charge in [0.2, 0.25) is 5.76 Å². The van der Waals surface area contributed by atoms with E-state index >= 15 is 0 Å². The number of benzene rings is 2. The average Bonchev–Trinajstić information content (AvgIpc) is 3.19. The third-order valence-corrected chi connectivity index (χ3v) is 7.82. The van der Waals surface area contributed by atoms with Crippen molar-refractivity contribution in [2.75, 3.05) is 11.5 Å². The molecule has 3 heterocycles. The summed E-state index contributed by atoms with van der Waals surface area (Å²) in [6.07, 6.45) is 0.347. The van der Waals surface area contributed by atoms with Crippen LogP contribution in [0.2, 0.25) is 0 Å². The second-order valence-corrected chi connectivity index (χ2v) is 10.5. The Labute approximate surface area is 175 Å². The first-order valence-electron chi connectivity index (χ1n) is 9.20. The SMILES string of the molecule is O=C1c2oc3ccccc3c(=O)c2C(c2cccc(Br)c2)N1C1CCS(=O)(=O)C1. The summed E-state index contributed by atoms with van der Waals surface area (Å²) in [5.41, 5.74) is 1.09. The summed E-state index contributed by atoms with van der Waals surface area (Å²) in [5.74, 6) is -0.505. The van der Waals surface area contributed by atoms with Crippen molar-refractivity contribution in [1.29, 1.82) is 0 Å². The molecule has 0 N–H and O–H groups in total. The summed E-state index contributed by atoms with van der Waals surface area (Å²) < 4.78 is 30.9. The Hall–Kier alpha value is -2.45. The highest BCUT2D eigenvalue weighted by Gasteiger charge is 2.48. The summed E-state index contributed by atoms with van der Waals surface area (Å²) in [6, 6.07) is 13.0. The quantitative estimate of drug-likeness (QED) is 0.569. The van der Waals surface area contributed by atoms with Crippen LogP contribution in [0.25, 0.3) is 11.0 Å². The van der Waals surface area contributed by atoms with Crippen molar-refractivity contribution >= 4 is 42.6 Å². The molecule has 0 bridgehead atoms. The van der Waals surface area contributed by atoms with E-state index in [1.165, 1.54) is 4.90 Å². The molecule has 5 rings (SSSR count). The van der Waals surface area contributed by atoms with Crippen LogP contribution in [-0.4, -0.2) is 36.8 Å². The van der Waals surface area contributed by atoms with E-state index in [1.807, 2.05) is 24.3 Å². The molecule has 148 valence electrons. The lowest BCUT2D eigenvalue weighted by molar-refractivity contribution is 0.0662. The molecule has 1 amide bonds. The zero-order valence-corrected chi connectivity index (χ0v) is 17.6. The maximum atomic E-state index is 13.4. The lowest BCUT2D eigenvalue weighted by Crippen LogP contribution is -2.40. The van der Waals surface area contributed by atoms with Gasteiger partial charge in [-0.2, -0.15) is 0 Å². The van der Waals surface area contributed by atoms with Gasteiger partial charge < -0.3 is 9.32 Å². The van der Waals surface area contributed by atoms with Crippen molar-refractivity contribution in [3.8, 4) is 0 Å². The minimum atomic E-state index is -3.22. The summed E-state index contributed by atoms with van der Waals surface area (Å²) >= 11 is 3.44. The van der Waals surface area contributed by atoms with E-state index in [1.54, 1.807) is 24.3 Å². The van der Waals surface area contributed by atoms with E-state index in [-0.39, 0.29) is 28.3 Å². The Bertz CT molecular complexity index is 1330. The van der Waals surface area contributed by atoms with Gasteiger partial charge in [0, 0.05) is 10.5 Å². The van der Waals surface area contributed by atoms with Crippen molar-refractivity contribution < 1.29 is 17.6 Å². The van der Waals surface area contributed by atoms with Gasteiger partial charge in [-0.05, 0) is 36.2 Å². The molecule has 0 spiro atoms. The molecule has 2 aliphatic rings. The van der Waals surface area contributed by atoms with Crippen molar-refractivity contribution in [3.05, 3.63) is 80.1 Å². The van der Waals surface area contributed by atoms with Crippen molar-refractivity contribution in [2.45, 2.75) is 18.5 Å². The predicted molar refractivity (Wildman–Crippen MR) is 112 cm³/mol. The summed E-state index contributed by atoms with van der Waals surface area (Å²) in [4.78, 5) is 28.2. The van der Waals surface area contributed by atoms with Crippen LogP contribution in [0.3, 0.4) is 0 Å². The first kappa shape index (κ1) is 18.6. The average molecular weight is 474 g/mol. The molecular formula is C21H16BrNO5S. The van der Waals surface area contributed by atoms with E-state index in [0.717, 1.165) is 10.0 Å². The molecule has 2 aliphatic heterocycles. The largest absolute Gasteiger partial charge is 0.450 e. The van der Waals surface area contributed by atoms with Gasteiger partial charge in [-0.3, -0.25) is 9.59 Å². The van der Waals surface area contributed by atoms with Gasteiger partial charge in [0.25, 0.3) is 5.91 Å². The fourth-order valence-electron chi connectivity index (χ4n) is 4.31. The highest BCUT2D eigenvalue weighted by atomic mass is 79.9. The molecule has 6 nitrogen and oxygen atoms in total. The Balaban J connectivity index is 1.77. The number of halogens is 1. The molecule has 2 aromatic carbocycles. The second kappa shape index (κ2) is 6.53. The molecule has 3 aromatic rings. The summed E-state index contributed by atoms with van der Waals surface area (Å²) in [6.45, 7) is 0. The normalized spacial score (nSPS) is 22.9. The molecule has 2 unspecified atom stereocenters. The molecule has 0 aliphatic carbocycles. The smallest absolute Gasteiger partial charge is 0.291 e.